The molecule has 0 saturated carbocycles. The van der Waals surface area contributed by atoms with Crippen LogP contribution >= 0.6 is 0 Å². The molecular weight excluding hydrogens is 520 g/mol. The predicted octanol–water partition coefficient (Wildman–Crippen LogP) is 12.0. The molecule has 43 heavy (non-hydrogen) atoms. The summed E-state index contributed by atoms with van der Waals surface area (Å²) < 4.78 is 7.12. The molecule has 1 heteroatoms. The Morgan fingerprint density at radius 2 is 0.698 bits per heavy atom. The number of ether oxygens (including phenoxy) is 1. The van der Waals surface area contributed by atoms with E-state index in [2.05, 4.69) is 163 Å². The van der Waals surface area contributed by atoms with Gasteiger partial charge in [0.25, 0.3) is 0 Å². The molecule has 0 fully saturated rings. The smallest absolute Gasteiger partial charge is 0.135 e. The van der Waals surface area contributed by atoms with Gasteiger partial charge in [0.1, 0.15) is 11.5 Å². The van der Waals surface area contributed by atoms with Crippen molar-refractivity contribution in [1.82, 2.24) is 0 Å². The second-order valence-corrected chi connectivity index (χ2v) is 11.7. The largest absolute Gasteiger partial charge is 0.456 e. The number of benzene rings is 6. The Morgan fingerprint density at radius 1 is 0.326 bits per heavy atom. The first-order valence-electron chi connectivity index (χ1n) is 15.0. The lowest BCUT2D eigenvalue weighted by Crippen LogP contribution is -1.99. The molecule has 0 aliphatic rings. The van der Waals surface area contributed by atoms with Gasteiger partial charge in [-0.05, 0) is 109 Å². The van der Waals surface area contributed by atoms with Gasteiger partial charge >= 0.3 is 0 Å². The summed E-state index contributed by atoms with van der Waals surface area (Å²) in [7, 11) is 0. The van der Waals surface area contributed by atoms with Crippen molar-refractivity contribution in [3.05, 3.63) is 155 Å². The lowest BCUT2D eigenvalue weighted by molar-refractivity contribution is 0.486. The highest BCUT2D eigenvalue weighted by molar-refractivity contribution is 5.93. The van der Waals surface area contributed by atoms with Crippen LogP contribution in [0.2, 0.25) is 0 Å². The average molecular weight is 559 g/mol. The van der Waals surface area contributed by atoms with Crippen molar-refractivity contribution in [1.29, 1.82) is 0 Å². The summed E-state index contributed by atoms with van der Waals surface area (Å²) in [6.07, 6.45) is 0. The molecule has 0 radical (unpaired) electrons. The Balaban J connectivity index is 1.64. The van der Waals surface area contributed by atoms with Gasteiger partial charge in [0.05, 0.1) is 0 Å². The number of rotatable bonds is 6. The van der Waals surface area contributed by atoms with Crippen molar-refractivity contribution < 1.29 is 4.74 Å². The van der Waals surface area contributed by atoms with Gasteiger partial charge in [-0.2, -0.15) is 0 Å². The molecule has 6 aromatic rings. The molecule has 0 saturated heterocycles. The van der Waals surface area contributed by atoms with Crippen LogP contribution in [0.15, 0.2) is 121 Å². The van der Waals surface area contributed by atoms with Crippen molar-refractivity contribution in [2.75, 3.05) is 0 Å². The first-order chi connectivity index (χ1) is 20.8. The molecule has 0 amide bonds. The molecule has 0 N–H and O–H groups in total. The van der Waals surface area contributed by atoms with Crippen molar-refractivity contribution in [2.24, 2.45) is 0 Å². The molecule has 6 rings (SSSR count). The topological polar surface area (TPSA) is 9.23 Å². The van der Waals surface area contributed by atoms with Crippen LogP contribution in [0.4, 0.5) is 0 Å². The Labute approximate surface area is 256 Å². The van der Waals surface area contributed by atoms with E-state index < -0.39 is 0 Å². The van der Waals surface area contributed by atoms with Crippen molar-refractivity contribution >= 4 is 0 Å². The van der Waals surface area contributed by atoms with Gasteiger partial charge in [0.15, 0.2) is 0 Å². The van der Waals surface area contributed by atoms with Crippen LogP contribution in [0.1, 0.15) is 33.4 Å². The predicted molar refractivity (Wildman–Crippen MR) is 183 cm³/mol. The highest BCUT2D eigenvalue weighted by Crippen LogP contribution is 2.48. The Hall–Kier alpha value is -4.88. The third-order valence-corrected chi connectivity index (χ3v) is 8.48. The van der Waals surface area contributed by atoms with Gasteiger partial charge in [-0.3, -0.25) is 0 Å². The summed E-state index contributed by atoms with van der Waals surface area (Å²) >= 11 is 0. The van der Waals surface area contributed by atoms with E-state index in [4.69, 9.17) is 4.74 Å². The van der Waals surface area contributed by atoms with E-state index in [0.717, 1.165) is 33.8 Å². The average Bonchev–Trinajstić information content (AvgIpc) is 3.00. The molecular formula is C42H38O. The number of hydrogen-bond donors (Lipinski definition) is 0. The lowest BCUT2D eigenvalue weighted by Gasteiger charge is -2.23. The van der Waals surface area contributed by atoms with Gasteiger partial charge in [-0.15, -0.1) is 0 Å². The molecule has 1 nitrogen and oxygen atoms in total. The highest BCUT2D eigenvalue weighted by Gasteiger charge is 2.22. The molecule has 0 bridgehead atoms. The SMILES string of the molecule is Cc1ccc(-c2c(Oc3ccc(C)c(-c4ccccc4C)c3-c3ccc(C)cc3)ccc(C)c2-c2ccccc2C)cc1. The minimum absolute atomic E-state index is 0.848. The Bertz CT molecular complexity index is 1780. The zero-order chi connectivity index (χ0) is 30.1. The lowest BCUT2D eigenvalue weighted by atomic mass is 9.87. The van der Waals surface area contributed by atoms with Gasteiger partial charge in [0.2, 0.25) is 0 Å². The second kappa shape index (κ2) is 11.8. The van der Waals surface area contributed by atoms with E-state index in [1.165, 1.54) is 55.6 Å². The van der Waals surface area contributed by atoms with Crippen LogP contribution in [-0.2, 0) is 0 Å². The molecule has 0 unspecified atom stereocenters. The van der Waals surface area contributed by atoms with E-state index in [1.807, 2.05) is 0 Å². The number of aryl methyl sites for hydroxylation is 6. The summed E-state index contributed by atoms with van der Waals surface area (Å²) in [5.74, 6) is 1.70. The van der Waals surface area contributed by atoms with Crippen LogP contribution in [-0.4, -0.2) is 0 Å². The van der Waals surface area contributed by atoms with Crippen molar-refractivity contribution in [2.45, 2.75) is 41.5 Å². The zero-order valence-electron chi connectivity index (χ0n) is 26.0. The molecule has 0 aliphatic carbocycles. The van der Waals surface area contributed by atoms with Gasteiger partial charge in [-0.25, -0.2) is 0 Å². The van der Waals surface area contributed by atoms with Crippen LogP contribution in [0.25, 0.3) is 44.5 Å². The van der Waals surface area contributed by atoms with Crippen LogP contribution in [0.3, 0.4) is 0 Å². The fourth-order valence-electron chi connectivity index (χ4n) is 6.08. The molecule has 0 atom stereocenters. The van der Waals surface area contributed by atoms with E-state index >= 15 is 0 Å². The first-order valence-corrected chi connectivity index (χ1v) is 15.0. The maximum Gasteiger partial charge on any atom is 0.135 e. The monoisotopic (exact) mass is 558 g/mol. The number of hydrogen-bond acceptors (Lipinski definition) is 1. The van der Waals surface area contributed by atoms with Crippen LogP contribution in [0, 0.1) is 41.5 Å². The maximum absolute atomic E-state index is 7.12. The molecule has 0 heterocycles. The zero-order valence-corrected chi connectivity index (χ0v) is 26.0. The third-order valence-electron chi connectivity index (χ3n) is 8.48. The molecule has 0 aliphatic heterocycles. The summed E-state index contributed by atoms with van der Waals surface area (Å²) in [6, 6.07) is 43.5. The Kier molecular flexibility index (Phi) is 7.74. The first kappa shape index (κ1) is 28.2. The van der Waals surface area contributed by atoms with Crippen molar-refractivity contribution in [3.8, 4) is 56.0 Å². The summed E-state index contributed by atoms with van der Waals surface area (Å²) in [5.41, 5.74) is 16.8. The Morgan fingerprint density at radius 3 is 1.07 bits per heavy atom. The second-order valence-electron chi connectivity index (χ2n) is 11.7. The van der Waals surface area contributed by atoms with E-state index in [0.29, 0.717) is 0 Å². The molecule has 0 aromatic heterocycles. The van der Waals surface area contributed by atoms with E-state index in [-0.39, 0.29) is 0 Å². The van der Waals surface area contributed by atoms with Gasteiger partial charge < -0.3 is 4.74 Å². The third kappa shape index (κ3) is 5.51. The fourth-order valence-corrected chi connectivity index (χ4v) is 6.08. The van der Waals surface area contributed by atoms with Crippen LogP contribution < -0.4 is 4.74 Å². The summed E-state index contributed by atoms with van der Waals surface area (Å²) in [4.78, 5) is 0. The molecule has 0 spiro atoms. The van der Waals surface area contributed by atoms with Gasteiger partial charge in [0, 0.05) is 11.1 Å². The van der Waals surface area contributed by atoms with Crippen LogP contribution in [0.5, 0.6) is 11.5 Å². The van der Waals surface area contributed by atoms with E-state index in [9.17, 15) is 0 Å². The molecule has 6 aromatic carbocycles. The fraction of sp³-hybridized carbons (Fsp3) is 0.143. The van der Waals surface area contributed by atoms with Crippen molar-refractivity contribution in [3.63, 3.8) is 0 Å². The summed E-state index contributed by atoms with van der Waals surface area (Å²) in [5, 5.41) is 0. The summed E-state index contributed by atoms with van der Waals surface area (Å²) in [6.45, 7) is 13.0. The minimum atomic E-state index is 0.848. The molecule has 212 valence electrons. The quantitative estimate of drug-likeness (QED) is 0.197. The maximum atomic E-state index is 7.12. The van der Waals surface area contributed by atoms with Gasteiger partial charge in [-0.1, -0.05) is 120 Å². The normalized spacial score (nSPS) is 11.0. The minimum Gasteiger partial charge on any atom is -0.456 e. The highest BCUT2D eigenvalue weighted by atomic mass is 16.5. The standard InChI is InChI=1S/C42H38O/c1-27-15-21-33(22-16-27)41-37(25-19-31(5)39(41)35-13-9-7-11-29(35)3)43-38-26-20-32(6)40(36-14-10-8-12-30(36)4)42(38)34-23-17-28(2)18-24-34/h7-26H,1-6H3. The van der Waals surface area contributed by atoms with E-state index in [1.54, 1.807) is 0 Å².